The predicted molar refractivity (Wildman–Crippen MR) is 181 cm³/mol. The topological polar surface area (TPSA) is 86.8 Å². The summed E-state index contributed by atoms with van der Waals surface area (Å²) >= 11 is 12.8. The summed E-state index contributed by atoms with van der Waals surface area (Å²) in [6.45, 7) is 5.02. The Bertz CT molecular complexity index is 1720. The molecule has 7 nitrogen and oxygen atoms in total. The summed E-state index contributed by atoms with van der Waals surface area (Å²) in [7, 11) is -4.21. The first-order chi connectivity index (χ1) is 21.5. The minimum atomic E-state index is -4.21. The zero-order valence-electron chi connectivity index (χ0n) is 25.5. The van der Waals surface area contributed by atoms with Gasteiger partial charge in [0, 0.05) is 29.1 Å². The Kier molecular flexibility index (Phi) is 11.7. The van der Waals surface area contributed by atoms with Crippen LogP contribution in [-0.4, -0.2) is 43.8 Å². The van der Waals surface area contributed by atoms with Crippen LogP contribution in [-0.2, 0) is 32.6 Å². The van der Waals surface area contributed by atoms with Crippen LogP contribution in [0.15, 0.2) is 108 Å². The molecule has 1 N–H and O–H groups in total. The maximum absolute atomic E-state index is 14.6. The third-order valence-corrected chi connectivity index (χ3v) is 9.99. The summed E-state index contributed by atoms with van der Waals surface area (Å²) in [6.07, 6.45) is 0.909. The highest BCUT2D eigenvalue weighted by Gasteiger charge is 2.35. The highest BCUT2D eigenvalue weighted by molar-refractivity contribution is 7.92. The third-order valence-electron chi connectivity index (χ3n) is 7.61. The van der Waals surface area contributed by atoms with Crippen LogP contribution in [0, 0.1) is 6.92 Å². The molecular weight excluding hydrogens is 629 g/mol. The number of anilines is 1. The van der Waals surface area contributed by atoms with Crippen LogP contribution in [0.25, 0.3) is 0 Å². The number of benzene rings is 4. The summed E-state index contributed by atoms with van der Waals surface area (Å²) in [4.78, 5) is 29.9. The van der Waals surface area contributed by atoms with Crippen LogP contribution in [0.4, 0.5) is 5.69 Å². The Morgan fingerprint density at radius 1 is 0.867 bits per heavy atom. The number of hydrogen-bond donors (Lipinski definition) is 1. The molecule has 0 aliphatic rings. The number of halogens is 2. The summed E-state index contributed by atoms with van der Waals surface area (Å²) in [5, 5.41) is 3.89. The molecule has 0 aromatic heterocycles. The second-order valence-electron chi connectivity index (χ2n) is 10.9. The van der Waals surface area contributed by atoms with E-state index in [0.29, 0.717) is 33.3 Å². The summed E-state index contributed by atoms with van der Waals surface area (Å²) in [6, 6.07) is 28.2. The van der Waals surface area contributed by atoms with Gasteiger partial charge >= 0.3 is 0 Å². The number of nitrogens with one attached hydrogen (secondary N) is 1. The van der Waals surface area contributed by atoms with Crippen LogP contribution in [0.3, 0.4) is 0 Å². The van der Waals surface area contributed by atoms with Crippen molar-refractivity contribution in [3.05, 3.63) is 130 Å². The zero-order chi connectivity index (χ0) is 32.6. The molecule has 4 rings (SSSR count). The average Bonchev–Trinajstić information content (AvgIpc) is 3.03. The first kappa shape index (κ1) is 34.0. The van der Waals surface area contributed by atoms with E-state index in [1.54, 1.807) is 67.6 Å². The normalized spacial score (nSPS) is 12.6. The van der Waals surface area contributed by atoms with Crippen molar-refractivity contribution in [3.8, 4) is 0 Å². The Labute approximate surface area is 275 Å². The lowest BCUT2D eigenvalue weighted by atomic mass is 10.0. The molecule has 0 aliphatic carbocycles. The standard InChI is InChI=1S/C35H37Cl2N3O4S/c1-4-26(3)38-35(42)33(22-27-13-7-5-8-14-27)39(23-28-15-11-12-18-31(28)37)34(41)24-40(32-20-19-29(36)21-25(32)2)45(43,44)30-16-9-6-10-17-30/h5-21,26,33H,4,22-24H2,1-3H3,(H,38,42)/t26-,33-/m1/s1. The van der Waals surface area contributed by atoms with Crippen molar-refractivity contribution in [3.63, 3.8) is 0 Å². The molecule has 2 amide bonds. The van der Waals surface area contributed by atoms with E-state index in [-0.39, 0.29) is 29.8 Å². The second-order valence-corrected chi connectivity index (χ2v) is 13.6. The number of nitrogens with zero attached hydrogens (tertiary/aromatic N) is 2. The number of carbonyl (C=O) groups excluding carboxylic acids is 2. The van der Waals surface area contributed by atoms with Crippen molar-refractivity contribution in [1.29, 1.82) is 0 Å². The SMILES string of the molecule is CC[C@@H](C)NC(=O)[C@@H](Cc1ccccc1)N(Cc1ccccc1Cl)C(=O)CN(c1ccc(Cl)cc1C)S(=O)(=O)c1ccccc1. The largest absolute Gasteiger partial charge is 0.352 e. The number of aryl methyl sites for hydroxylation is 1. The Morgan fingerprint density at radius 2 is 1.49 bits per heavy atom. The van der Waals surface area contributed by atoms with Crippen LogP contribution >= 0.6 is 23.2 Å². The van der Waals surface area contributed by atoms with Gasteiger partial charge in [-0.05, 0) is 73.4 Å². The van der Waals surface area contributed by atoms with Crippen molar-refractivity contribution < 1.29 is 18.0 Å². The van der Waals surface area contributed by atoms with Crippen molar-refractivity contribution in [1.82, 2.24) is 10.2 Å². The van der Waals surface area contributed by atoms with Gasteiger partial charge < -0.3 is 10.2 Å². The minimum Gasteiger partial charge on any atom is -0.352 e. The van der Waals surface area contributed by atoms with Gasteiger partial charge in [-0.3, -0.25) is 13.9 Å². The van der Waals surface area contributed by atoms with Gasteiger partial charge in [-0.15, -0.1) is 0 Å². The molecule has 0 radical (unpaired) electrons. The van der Waals surface area contributed by atoms with Crippen LogP contribution in [0.2, 0.25) is 10.0 Å². The molecule has 0 saturated carbocycles. The molecule has 0 saturated heterocycles. The van der Waals surface area contributed by atoms with E-state index in [1.165, 1.54) is 17.0 Å². The lowest BCUT2D eigenvalue weighted by Gasteiger charge is -2.34. The molecule has 2 atom stereocenters. The molecule has 45 heavy (non-hydrogen) atoms. The van der Waals surface area contributed by atoms with Crippen molar-refractivity contribution in [2.75, 3.05) is 10.8 Å². The third kappa shape index (κ3) is 8.66. The van der Waals surface area contributed by atoms with E-state index in [0.717, 1.165) is 9.87 Å². The fraction of sp³-hybridized carbons (Fsp3) is 0.257. The Hall–Kier alpha value is -3.85. The molecule has 0 bridgehead atoms. The first-order valence-electron chi connectivity index (χ1n) is 14.7. The quantitative estimate of drug-likeness (QED) is 0.166. The zero-order valence-corrected chi connectivity index (χ0v) is 27.8. The van der Waals surface area contributed by atoms with Gasteiger partial charge in [0.05, 0.1) is 10.6 Å². The van der Waals surface area contributed by atoms with Gasteiger partial charge in [0.25, 0.3) is 10.0 Å². The van der Waals surface area contributed by atoms with Gasteiger partial charge in [0.2, 0.25) is 11.8 Å². The van der Waals surface area contributed by atoms with Crippen LogP contribution < -0.4 is 9.62 Å². The van der Waals surface area contributed by atoms with E-state index in [1.807, 2.05) is 44.2 Å². The molecular formula is C35H37Cl2N3O4S. The molecule has 0 heterocycles. The van der Waals surface area contributed by atoms with Gasteiger partial charge in [-0.2, -0.15) is 0 Å². The lowest BCUT2D eigenvalue weighted by molar-refractivity contribution is -0.140. The molecule has 0 aliphatic heterocycles. The second kappa shape index (κ2) is 15.4. The Balaban J connectivity index is 1.83. The minimum absolute atomic E-state index is 0.0112. The average molecular weight is 667 g/mol. The molecule has 0 unspecified atom stereocenters. The van der Waals surface area contributed by atoms with Crippen molar-refractivity contribution in [2.45, 2.75) is 57.1 Å². The van der Waals surface area contributed by atoms with Gasteiger partial charge in [0.1, 0.15) is 12.6 Å². The first-order valence-corrected chi connectivity index (χ1v) is 16.9. The fourth-order valence-electron chi connectivity index (χ4n) is 4.94. The smallest absolute Gasteiger partial charge is 0.264 e. The lowest BCUT2D eigenvalue weighted by Crippen LogP contribution is -2.54. The van der Waals surface area contributed by atoms with Crippen molar-refractivity contribution >= 4 is 50.7 Å². The van der Waals surface area contributed by atoms with Gasteiger partial charge in [0.15, 0.2) is 0 Å². The van der Waals surface area contributed by atoms with E-state index in [2.05, 4.69) is 5.32 Å². The van der Waals surface area contributed by atoms with E-state index >= 15 is 0 Å². The van der Waals surface area contributed by atoms with Crippen LogP contribution in [0.1, 0.15) is 37.0 Å². The number of rotatable bonds is 13. The number of carbonyl (C=O) groups is 2. The highest BCUT2D eigenvalue weighted by Crippen LogP contribution is 2.30. The molecule has 10 heteroatoms. The van der Waals surface area contributed by atoms with E-state index < -0.39 is 28.5 Å². The summed E-state index contributed by atoms with van der Waals surface area (Å²) < 4.78 is 29.4. The van der Waals surface area contributed by atoms with E-state index in [9.17, 15) is 18.0 Å². The Morgan fingerprint density at radius 3 is 2.11 bits per heavy atom. The maximum Gasteiger partial charge on any atom is 0.264 e. The van der Waals surface area contributed by atoms with Gasteiger partial charge in [-0.25, -0.2) is 8.42 Å². The number of hydrogen-bond acceptors (Lipinski definition) is 4. The molecule has 4 aromatic carbocycles. The van der Waals surface area contributed by atoms with Crippen LogP contribution in [0.5, 0.6) is 0 Å². The summed E-state index contributed by atoms with van der Waals surface area (Å²) in [5.74, 6) is -0.905. The van der Waals surface area contributed by atoms with Crippen molar-refractivity contribution in [2.24, 2.45) is 0 Å². The molecule has 236 valence electrons. The highest BCUT2D eigenvalue weighted by atomic mass is 35.5. The monoisotopic (exact) mass is 665 g/mol. The fourth-order valence-corrected chi connectivity index (χ4v) is 6.86. The van der Waals surface area contributed by atoms with Gasteiger partial charge in [-0.1, -0.05) is 96.9 Å². The number of sulfonamides is 1. The molecule has 0 fully saturated rings. The summed E-state index contributed by atoms with van der Waals surface area (Å²) in [5.41, 5.74) is 2.35. The predicted octanol–water partition coefficient (Wildman–Crippen LogP) is 7.05. The molecule has 4 aromatic rings. The van der Waals surface area contributed by atoms with E-state index in [4.69, 9.17) is 23.2 Å². The molecule has 0 spiro atoms. The number of amides is 2. The maximum atomic E-state index is 14.6.